The highest BCUT2D eigenvalue weighted by Crippen LogP contribution is 2.20. The minimum Gasteiger partial charge on any atom is -0.375 e. The maximum Gasteiger partial charge on any atom is 0.116 e. The predicted molar refractivity (Wildman–Crippen MR) is 65.8 cm³/mol. The Bertz CT molecular complexity index is 181. The number of hydrogen-bond donors (Lipinski definition) is 0. The first kappa shape index (κ1) is 14.2. The molecular formula is C13H25NO. The number of likely N-dealkylation sites (tertiary alicyclic amines) is 1. The van der Waals surface area contributed by atoms with Gasteiger partial charge in [0.05, 0.1) is 0 Å². The maximum atomic E-state index is 8.81. The van der Waals surface area contributed by atoms with E-state index in [1.165, 1.54) is 51.4 Å². The molecule has 0 aromatic carbocycles. The summed E-state index contributed by atoms with van der Waals surface area (Å²) in [6, 6.07) is 0. The summed E-state index contributed by atoms with van der Waals surface area (Å²) in [6.45, 7) is 12.6. The molecule has 1 saturated heterocycles. The third-order valence-corrected chi connectivity index (χ3v) is 2.77. The number of piperidine rings is 1. The molecule has 1 heterocycles. The van der Waals surface area contributed by atoms with Crippen LogP contribution in [-0.2, 0) is 4.79 Å². The smallest absolute Gasteiger partial charge is 0.116 e. The molecule has 1 rings (SSSR count). The van der Waals surface area contributed by atoms with Gasteiger partial charge < -0.3 is 9.69 Å². The normalized spacial score (nSPS) is 16.6. The largest absolute Gasteiger partial charge is 0.375 e. The van der Waals surface area contributed by atoms with E-state index < -0.39 is 0 Å². The Kier molecular flexibility index (Phi) is 8.06. The Balaban J connectivity index is 0.000000583. The first-order valence-corrected chi connectivity index (χ1v) is 5.98. The molecule has 0 aromatic rings. The summed E-state index contributed by atoms with van der Waals surface area (Å²) in [5.74, 6) is 0.927. The summed E-state index contributed by atoms with van der Waals surface area (Å²) in [5, 5.41) is 0. The summed E-state index contributed by atoms with van der Waals surface area (Å²) >= 11 is 0. The van der Waals surface area contributed by atoms with Crippen molar-refractivity contribution >= 4 is 6.29 Å². The van der Waals surface area contributed by atoms with Gasteiger partial charge in [0, 0.05) is 18.8 Å². The van der Waals surface area contributed by atoms with Gasteiger partial charge in [-0.15, -0.1) is 0 Å². The number of rotatable bonds is 3. The van der Waals surface area contributed by atoms with E-state index in [0.717, 1.165) is 12.2 Å². The van der Waals surface area contributed by atoms with Gasteiger partial charge in [-0.1, -0.05) is 26.8 Å². The van der Waals surface area contributed by atoms with Gasteiger partial charge in [-0.2, -0.15) is 0 Å². The van der Waals surface area contributed by atoms with Crippen LogP contribution in [0.3, 0.4) is 0 Å². The molecule has 0 spiro atoms. The average Bonchev–Trinajstić information content (AvgIpc) is 2.20. The lowest BCUT2D eigenvalue weighted by atomic mass is 9.98. The van der Waals surface area contributed by atoms with Crippen LogP contribution in [0, 0.1) is 5.92 Å². The molecule has 2 heteroatoms. The Morgan fingerprint density at radius 2 is 1.93 bits per heavy atom. The Morgan fingerprint density at radius 3 is 2.33 bits per heavy atom. The molecule has 0 N–H and O–H groups in total. The standard InChI is InChI=1S/C11H21N.C2H4O/c1-4-5-11(3)12-8-6-10(2)7-9-12;1-2-3/h10H,3-9H2,1-2H3;2H,1H3. The highest BCUT2D eigenvalue weighted by Gasteiger charge is 2.15. The molecule has 0 amide bonds. The monoisotopic (exact) mass is 211 g/mol. The van der Waals surface area contributed by atoms with Gasteiger partial charge in [0.25, 0.3) is 0 Å². The van der Waals surface area contributed by atoms with Crippen LogP contribution in [0.2, 0.25) is 0 Å². The van der Waals surface area contributed by atoms with Crippen LogP contribution in [0.15, 0.2) is 12.3 Å². The Labute approximate surface area is 94.4 Å². The van der Waals surface area contributed by atoms with Gasteiger partial charge in [-0.3, -0.25) is 0 Å². The Hall–Kier alpha value is -0.790. The quantitative estimate of drug-likeness (QED) is 0.668. The van der Waals surface area contributed by atoms with Crippen LogP contribution in [0.4, 0.5) is 0 Å². The molecule has 2 nitrogen and oxygen atoms in total. The summed E-state index contributed by atoms with van der Waals surface area (Å²) in [6.07, 6.45) is 5.85. The first-order chi connectivity index (χ1) is 7.15. The summed E-state index contributed by atoms with van der Waals surface area (Å²) in [7, 11) is 0. The van der Waals surface area contributed by atoms with Crippen LogP contribution in [0.5, 0.6) is 0 Å². The maximum absolute atomic E-state index is 8.81. The minimum atomic E-state index is 0.750. The van der Waals surface area contributed by atoms with E-state index in [1.54, 1.807) is 0 Å². The fraction of sp³-hybridized carbons (Fsp3) is 0.769. The number of carbonyl (C=O) groups is 1. The molecule has 0 aromatic heterocycles. The number of carbonyl (C=O) groups excluding carboxylic acids is 1. The third-order valence-electron chi connectivity index (χ3n) is 2.77. The van der Waals surface area contributed by atoms with E-state index in [-0.39, 0.29) is 0 Å². The van der Waals surface area contributed by atoms with Crippen LogP contribution in [-0.4, -0.2) is 24.3 Å². The van der Waals surface area contributed by atoms with Gasteiger partial charge in [0.2, 0.25) is 0 Å². The third kappa shape index (κ3) is 6.32. The van der Waals surface area contributed by atoms with E-state index in [2.05, 4.69) is 25.3 Å². The van der Waals surface area contributed by atoms with Crippen molar-refractivity contribution in [1.29, 1.82) is 0 Å². The zero-order valence-electron chi connectivity index (χ0n) is 10.5. The second kappa shape index (κ2) is 8.51. The van der Waals surface area contributed by atoms with Gasteiger partial charge in [0.1, 0.15) is 6.29 Å². The summed E-state index contributed by atoms with van der Waals surface area (Å²) in [5.41, 5.74) is 1.35. The fourth-order valence-corrected chi connectivity index (χ4v) is 1.77. The van der Waals surface area contributed by atoms with Crippen LogP contribution < -0.4 is 0 Å². The summed E-state index contributed by atoms with van der Waals surface area (Å²) < 4.78 is 0. The molecule has 1 aliphatic rings. The molecule has 0 atom stereocenters. The number of hydrogen-bond acceptors (Lipinski definition) is 2. The molecule has 15 heavy (non-hydrogen) atoms. The van der Waals surface area contributed by atoms with Crippen molar-refractivity contribution in [2.45, 2.75) is 46.5 Å². The van der Waals surface area contributed by atoms with Crippen LogP contribution in [0.1, 0.15) is 46.5 Å². The topological polar surface area (TPSA) is 20.3 Å². The lowest BCUT2D eigenvalue weighted by molar-refractivity contribution is -0.106. The first-order valence-electron chi connectivity index (χ1n) is 5.98. The van der Waals surface area contributed by atoms with Crippen molar-refractivity contribution in [3.05, 3.63) is 12.3 Å². The van der Waals surface area contributed by atoms with Crippen molar-refractivity contribution in [3.63, 3.8) is 0 Å². The minimum absolute atomic E-state index is 0.750. The molecular weight excluding hydrogens is 186 g/mol. The summed E-state index contributed by atoms with van der Waals surface area (Å²) in [4.78, 5) is 11.3. The van der Waals surface area contributed by atoms with E-state index >= 15 is 0 Å². The van der Waals surface area contributed by atoms with Gasteiger partial charge in [0.15, 0.2) is 0 Å². The molecule has 1 fully saturated rings. The fourth-order valence-electron chi connectivity index (χ4n) is 1.77. The van der Waals surface area contributed by atoms with Gasteiger partial charge in [-0.05, 0) is 32.1 Å². The van der Waals surface area contributed by atoms with Crippen molar-refractivity contribution in [2.24, 2.45) is 5.92 Å². The van der Waals surface area contributed by atoms with Crippen molar-refractivity contribution in [1.82, 2.24) is 4.90 Å². The molecule has 88 valence electrons. The van der Waals surface area contributed by atoms with E-state index in [9.17, 15) is 0 Å². The highest BCUT2D eigenvalue weighted by molar-refractivity contribution is 5.44. The second-order valence-electron chi connectivity index (χ2n) is 4.22. The number of allylic oxidation sites excluding steroid dienone is 1. The van der Waals surface area contributed by atoms with Gasteiger partial charge >= 0.3 is 0 Å². The number of aldehydes is 1. The van der Waals surface area contributed by atoms with Crippen molar-refractivity contribution in [2.75, 3.05) is 13.1 Å². The zero-order valence-corrected chi connectivity index (χ0v) is 10.5. The number of nitrogens with zero attached hydrogens (tertiary/aromatic N) is 1. The van der Waals surface area contributed by atoms with Crippen LogP contribution in [0.25, 0.3) is 0 Å². The molecule has 0 aliphatic carbocycles. The van der Waals surface area contributed by atoms with E-state index in [0.29, 0.717) is 0 Å². The zero-order chi connectivity index (χ0) is 11.7. The lowest BCUT2D eigenvalue weighted by Gasteiger charge is -2.33. The average molecular weight is 211 g/mol. The molecule has 0 saturated carbocycles. The Morgan fingerprint density at radius 1 is 1.47 bits per heavy atom. The SMILES string of the molecule is C=C(CCC)N1CCC(C)CC1.CC=O. The van der Waals surface area contributed by atoms with E-state index in [1.807, 2.05) is 0 Å². The lowest BCUT2D eigenvalue weighted by Crippen LogP contribution is -2.31. The molecule has 0 radical (unpaired) electrons. The van der Waals surface area contributed by atoms with Crippen LogP contribution >= 0.6 is 0 Å². The van der Waals surface area contributed by atoms with Gasteiger partial charge in [-0.25, -0.2) is 0 Å². The predicted octanol–water partition coefficient (Wildman–Crippen LogP) is 3.24. The van der Waals surface area contributed by atoms with E-state index in [4.69, 9.17) is 4.79 Å². The molecule has 0 unspecified atom stereocenters. The van der Waals surface area contributed by atoms with Crippen molar-refractivity contribution in [3.8, 4) is 0 Å². The highest BCUT2D eigenvalue weighted by atomic mass is 16.1. The molecule has 1 aliphatic heterocycles. The van der Waals surface area contributed by atoms with Crippen molar-refractivity contribution < 1.29 is 4.79 Å². The second-order valence-corrected chi connectivity index (χ2v) is 4.22. The molecule has 0 bridgehead atoms.